The number of ether oxygens (including phenoxy) is 2. The lowest BCUT2D eigenvalue weighted by atomic mass is 9.77. The average Bonchev–Trinajstić information content (AvgIpc) is 3.19. The Hall–Kier alpha value is -2.42. The third kappa shape index (κ3) is 3.69. The van der Waals surface area contributed by atoms with Crippen molar-refractivity contribution in [3.8, 4) is 11.5 Å². The van der Waals surface area contributed by atoms with E-state index in [1.807, 2.05) is 6.92 Å². The summed E-state index contributed by atoms with van der Waals surface area (Å²) in [5, 5.41) is 3.79. The molecule has 3 atom stereocenters. The summed E-state index contributed by atoms with van der Waals surface area (Å²) in [5.41, 5.74) is 3.92. The summed E-state index contributed by atoms with van der Waals surface area (Å²) in [4.78, 5) is 0. The first kappa shape index (κ1) is 18.0. The Kier molecular flexibility index (Phi) is 5.38. The predicted octanol–water partition coefficient (Wildman–Crippen LogP) is 6.09. The molecule has 0 amide bonds. The molecule has 2 aromatic carbocycles. The zero-order chi connectivity index (χ0) is 18.6. The molecule has 3 nitrogen and oxygen atoms in total. The Morgan fingerprint density at radius 2 is 1.81 bits per heavy atom. The van der Waals surface area contributed by atoms with Crippen LogP contribution in [0.3, 0.4) is 0 Å². The number of allylic oxidation sites excluding steroid dienone is 2. The number of rotatable bonds is 7. The molecule has 0 bridgehead atoms. The van der Waals surface area contributed by atoms with Gasteiger partial charge in [-0.1, -0.05) is 37.6 Å². The Labute approximate surface area is 162 Å². The van der Waals surface area contributed by atoms with Crippen LogP contribution in [0, 0.1) is 5.92 Å². The van der Waals surface area contributed by atoms with Gasteiger partial charge in [-0.05, 0) is 67.1 Å². The summed E-state index contributed by atoms with van der Waals surface area (Å²) in [6.07, 6.45) is 8.07. The first-order valence-electron chi connectivity index (χ1n) is 10.2. The van der Waals surface area contributed by atoms with Gasteiger partial charge >= 0.3 is 0 Å². The molecule has 1 aliphatic carbocycles. The van der Waals surface area contributed by atoms with E-state index in [2.05, 4.69) is 66.9 Å². The molecule has 0 aromatic heterocycles. The highest BCUT2D eigenvalue weighted by molar-refractivity contribution is 5.61. The van der Waals surface area contributed by atoms with Crippen molar-refractivity contribution in [1.82, 2.24) is 0 Å². The second kappa shape index (κ2) is 8.08. The molecule has 27 heavy (non-hydrogen) atoms. The van der Waals surface area contributed by atoms with Gasteiger partial charge in [-0.3, -0.25) is 0 Å². The summed E-state index contributed by atoms with van der Waals surface area (Å²) >= 11 is 0. The zero-order valence-electron chi connectivity index (χ0n) is 16.3. The van der Waals surface area contributed by atoms with Gasteiger partial charge < -0.3 is 14.8 Å². The fourth-order valence-electron chi connectivity index (χ4n) is 4.26. The first-order chi connectivity index (χ1) is 13.3. The van der Waals surface area contributed by atoms with Crippen LogP contribution in [0.2, 0.25) is 0 Å². The lowest BCUT2D eigenvalue weighted by Crippen LogP contribution is -2.29. The van der Waals surface area contributed by atoms with Crippen LogP contribution in [0.4, 0.5) is 5.69 Å². The largest absolute Gasteiger partial charge is 0.494 e. The molecule has 1 N–H and O–H groups in total. The predicted molar refractivity (Wildman–Crippen MR) is 111 cm³/mol. The van der Waals surface area contributed by atoms with Crippen LogP contribution in [0.1, 0.15) is 56.2 Å². The van der Waals surface area contributed by atoms with Gasteiger partial charge in [0, 0.05) is 11.6 Å². The van der Waals surface area contributed by atoms with E-state index >= 15 is 0 Å². The van der Waals surface area contributed by atoms with Crippen molar-refractivity contribution >= 4 is 5.69 Å². The molecule has 0 spiro atoms. The molecule has 1 aliphatic heterocycles. The lowest BCUT2D eigenvalue weighted by molar-refractivity contribution is 0.308. The van der Waals surface area contributed by atoms with E-state index in [1.165, 1.54) is 16.8 Å². The topological polar surface area (TPSA) is 30.5 Å². The third-order valence-corrected chi connectivity index (χ3v) is 5.65. The maximum absolute atomic E-state index is 5.94. The average molecular weight is 364 g/mol. The van der Waals surface area contributed by atoms with Crippen molar-refractivity contribution in [2.24, 2.45) is 5.92 Å². The van der Waals surface area contributed by atoms with E-state index < -0.39 is 0 Å². The molecule has 3 heteroatoms. The van der Waals surface area contributed by atoms with Crippen LogP contribution in [0.5, 0.6) is 11.5 Å². The lowest BCUT2D eigenvalue weighted by Gasteiger charge is -2.37. The normalized spacial score (nSPS) is 22.7. The van der Waals surface area contributed by atoms with E-state index in [-0.39, 0.29) is 0 Å². The fraction of sp³-hybridized carbons (Fsp3) is 0.417. The van der Waals surface area contributed by atoms with E-state index in [1.54, 1.807) is 0 Å². The van der Waals surface area contributed by atoms with Crippen molar-refractivity contribution in [3.63, 3.8) is 0 Å². The fourth-order valence-corrected chi connectivity index (χ4v) is 4.26. The van der Waals surface area contributed by atoms with Crippen LogP contribution in [-0.2, 0) is 0 Å². The summed E-state index contributed by atoms with van der Waals surface area (Å²) in [6, 6.07) is 15.4. The first-order valence-corrected chi connectivity index (χ1v) is 10.2. The van der Waals surface area contributed by atoms with Crippen LogP contribution < -0.4 is 14.8 Å². The van der Waals surface area contributed by atoms with Crippen LogP contribution in [0.15, 0.2) is 54.6 Å². The van der Waals surface area contributed by atoms with Crippen LogP contribution >= 0.6 is 0 Å². The van der Waals surface area contributed by atoms with E-state index in [0.717, 1.165) is 37.4 Å². The van der Waals surface area contributed by atoms with Gasteiger partial charge in [0.1, 0.15) is 11.5 Å². The maximum Gasteiger partial charge on any atom is 0.119 e. The Morgan fingerprint density at radius 3 is 2.59 bits per heavy atom. The Morgan fingerprint density at radius 1 is 1.00 bits per heavy atom. The molecule has 1 heterocycles. The molecular weight excluding hydrogens is 334 g/mol. The van der Waals surface area contributed by atoms with Crippen molar-refractivity contribution in [3.05, 3.63) is 65.7 Å². The molecule has 0 saturated heterocycles. The van der Waals surface area contributed by atoms with Gasteiger partial charge in [-0.25, -0.2) is 0 Å². The molecule has 2 aromatic rings. The standard InChI is InChI=1S/C24H29NO2/c1-3-5-15-27-19-13-14-23-22(16-19)20-7-6-8-21(20)24(25-23)17-9-11-18(12-10-17)26-4-2/h6-7,9-14,16,20-21,24-25H,3-5,8,15H2,1-2H3. The molecule has 4 rings (SSSR count). The monoisotopic (exact) mass is 363 g/mol. The smallest absolute Gasteiger partial charge is 0.119 e. The van der Waals surface area contributed by atoms with Gasteiger partial charge in [0.15, 0.2) is 0 Å². The maximum atomic E-state index is 5.94. The van der Waals surface area contributed by atoms with E-state index in [4.69, 9.17) is 9.47 Å². The number of hydrogen-bond donors (Lipinski definition) is 1. The number of nitrogens with one attached hydrogen (secondary N) is 1. The van der Waals surface area contributed by atoms with Gasteiger partial charge in [-0.15, -0.1) is 0 Å². The van der Waals surface area contributed by atoms with Crippen LogP contribution in [0.25, 0.3) is 0 Å². The second-order valence-corrected chi connectivity index (χ2v) is 7.43. The summed E-state index contributed by atoms with van der Waals surface area (Å²) in [7, 11) is 0. The zero-order valence-corrected chi connectivity index (χ0v) is 16.3. The molecule has 142 valence electrons. The number of hydrogen-bond acceptors (Lipinski definition) is 3. The highest BCUT2D eigenvalue weighted by atomic mass is 16.5. The molecule has 0 fully saturated rings. The molecular formula is C24H29NO2. The molecule has 0 saturated carbocycles. The third-order valence-electron chi connectivity index (χ3n) is 5.65. The number of fused-ring (bicyclic) bond motifs is 3. The highest BCUT2D eigenvalue weighted by Gasteiger charge is 2.38. The van der Waals surface area contributed by atoms with Gasteiger partial charge in [0.25, 0.3) is 0 Å². The summed E-state index contributed by atoms with van der Waals surface area (Å²) < 4.78 is 11.5. The van der Waals surface area contributed by atoms with Crippen molar-refractivity contribution in [1.29, 1.82) is 0 Å². The van der Waals surface area contributed by atoms with Gasteiger partial charge in [0.05, 0.1) is 19.3 Å². The molecule has 2 aliphatic rings. The Balaban J connectivity index is 1.58. The van der Waals surface area contributed by atoms with Gasteiger partial charge in [-0.2, -0.15) is 0 Å². The SMILES string of the molecule is CCCCOc1ccc2c(c1)C1C=CCC1C(c1ccc(OCC)cc1)N2. The Bertz CT molecular complexity index is 797. The molecule has 3 unspecified atom stereocenters. The highest BCUT2D eigenvalue weighted by Crippen LogP contribution is 2.50. The second-order valence-electron chi connectivity index (χ2n) is 7.43. The summed E-state index contributed by atoms with van der Waals surface area (Å²) in [5.74, 6) is 2.92. The summed E-state index contributed by atoms with van der Waals surface area (Å²) in [6.45, 7) is 5.70. The minimum absolute atomic E-state index is 0.319. The van der Waals surface area contributed by atoms with Crippen molar-refractivity contribution < 1.29 is 9.47 Å². The minimum Gasteiger partial charge on any atom is -0.494 e. The van der Waals surface area contributed by atoms with Crippen LogP contribution in [-0.4, -0.2) is 13.2 Å². The minimum atomic E-state index is 0.319. The van der Waals surface area contributed by atoms with Gasteiger partial charge in [0.2, 0.25) is 0 Å². The number of anilines is 1. The molecule has 0 radical (unpaired) electrons. The van der Waals surface area contributed by atoms with Crippen molar-refractivity contribution in [2.75, 3.05) is 18.5 Å². The quantitative estimate of drug-likeness (QED) is 0.477. The number of benzene rings is 2. The number of unbranched alkanes of at least 4 members (excludes halogenated alkanes) is 1. The van der Waals surface area contributed by atoms with E-state index in [0.29, 0.717) is 24.5 Å². The van der Waals surface area contributed by atoms with E-state index in [9.17, 15) is 0 Å². The van der Waals surface area contributed by atoms with Crippen molar-refractivity contribution in [2.45, 2.75) is 45.1 Å².